The topological polar surface area (TPSA) is 55.4 Å². The predicted octanol–water partition coefficient (Wildman–Crippen LogP) is 4.23. The summed E-state index contributed by atoms with van der Waals surface area (Å²) in [7, 11) is 0. The lowest BCUT2D eigenvalue weighted by Crippen LogP contribution is -2.20. The van der Waals surface area contributed by atoms with Crippen LogP contribution in [0.15, 0.2) is 46.9 Å². The minimum atomic E-state index is -0.787. The number of esters is 1. The van der Waals surface area contributed by atoms with E-state index in [2.05, 4.69) is 21.2 Å². The highest BCUT2D eigenvalue weighted by molar-refractivity contribution is 9.10. The van der Waals surface area contributed by atoms with E-state index in [9.17, 15) is 18.4 Å². The summed E-state index contributed by atoms with van der Waals surface area (Å²) in [5.74, 6) is -2.99. The highest BCUT2D eigenvalue weighted by atomic mass is 79.9. The SMILES string of the molecule is Cc1ccc(/C=C/C(=O)OCC(=O)Nc2cc(F)ccc2F)c(Br)c1. The third-order valence-corrected chi connectivity index (χ3v) is 3.79. The van der Waals surface area contributed by atoms with Gasteiger partial charge in [-0.2, -0.15) is 0 Å². The molecule has 2 aromatic carbocycles. The number of nitrogens with one attached hydrogen (secondary N) is 1. The van der Waals surface area contributed by atoms with Crippen LogP contribution in [0.25, 0.3) is 6.08 Å². The third-order valence-electron chi connectivity index (χ3n) is 3.10. The molecule has 2 rings (SSSR count). The first-order chi connectivity index (χ1) is 11.8. The van der Waals surface area contributed by atoms with Gasteiger partial charge in [-0.25, -0.2) is 13.6 Å². The monoisotopic (exact) mass is 409 g/mol. The van der Waals surface area contributed by atoms with Crippen molar-refractivity contribution in [2.24, 2.45) is 0 Å². The Morgan fingerprint density at radius 3 is 2.68 bits per heavy atom. The molecular formula is C18H14BrF2NO3. The number of halogens is 3. The zero-order chi connectivity index (χ0) is 18.4. The number of aryl methyl sites for hydroxylation is 1. The minimum absolute atomic E-state index is 0.319. The molecule has 0 fully saturated rings. The normalized spacial score (nSPS) is 10.7. The second-order valence-corrected chi connectivity index (χ2v) is 5.99. The molecule has 0 aliphatic heterocycles. The van der Waals surface area contributed by atoms with Crippen LogP contribution < -0.4 is 5.32 Å². The number of anilines is 1. The standard InChI is InChI=1S/C18H14BrF2NO3/c1-11-2-3-12(14(19)8-11)4-7-18(24)25-10-17(23)22-16-9-13(20)5-6-15(16)21/h2-9H,10H2,1H3,(H,22,23)/b7-4+. The molecule has 130 valence electrons. The number of carbonyl (C=O) groups is 2. The van der Waals surface area contributed by atoms with Gasteiger partial charge in [0.25, 0.3) is 5.91 Å². The minimum Gasteiger partial charge on any atom is -0.452 e. The summed E-state index contributed by atoms with van der Waals surface area (Å²) in [5.41, 5.74) is 1.52. The molecule has 2 aromatic rings. The van der Waals surface area contributed by atoms with E-state index in [0.717, 1.165) is 33.8 Å². The molecule has 7 heteroatoms. The molecular weight excluding hydrogens is 396 g/mol. The maximum absolute atomic E-state index is 13.4. The van der Waals surface area contributed by atoms with Gasteiger partial charge < -0.3 is 10.1 Å². The van der Waals surface area contributed by atoms with Crippen LogP contribution in [0.1, 0.15) is 11.1 Å². The van der Waals surface area contributed by atoms with Crippen molar-refractivity contribution in [1.82, 2.24) is 0 Å². The Labute approximate surface area is 151 Å². The lowest BCUT2D eigenvalue weighted by atomic mass is 10.1. The molecule has 1 amide bonds. The molecule has 0 atom stereocenters. The molecule has 0 saturated carbocycles. The molecule has 0 spiro atoms. The molecule has 4 nitrogen and oxygen atoms in total. The highest BCUT2D eigenvalue weighted by Gasteiger charge is 2.10. The maximum Gasteiger partial charge on any atom is 0.331 e. The van der Waals surface area contributed by atoms with Gasteiger partial charge in [0.1, 0.15) is 11.6 Å². The van der Waals surface area contributed by atoms with E-state index in [4.69, 9.17) is 4.74 Å². The lowest BCUT2D eigenvalue weighted by Gasteiger charge is -2.06. The molecule has 0 unspecified atom stereocenters. The number of ether oxygens (including phenoxy) is 1. The van der Waals surface area contributed by atoms with Crippen LogP contribution in [0.5, 0.6) is 0 Å². The smallest absolute Gasteiger partial charge is 0.331 e. The molecule has 0 radical (unpaired) electrons. The average molecular weight is 410 g/mol. The highest BCUT2D eigenvalue weighted by Crippen LogP contribution is 2.19. The molecule has 0 saturated heterocycles. The molecule has 0 aliphatic carbocycles. The van der Waals surface area contributed by atoms with Crippen LogP contribution >= 0.6 is 15.9 Å². The van der Waals surface area contributed by atoms with E-state index in [1.165, 1.54) is 12.2 Å². The summed E-state index contributed by atoms with van der Waals surface area (Å²) >= 11 is 3.38. The zero-order valence-corrected chi connectivity index (χ0v) is 14.8. The van der Waals surface area contributed by atoms with Crippen molar-refractivity contribution in [2.45, 2.75) is 6.92 Å². The van der Waals surface area contributed by atoms with Crippen molar-refractivity contribution < 1.29 is 23.1 Å². The van der Waals surface area contributed by atoms with Crippen LogP contribution in [0.4, 0.5) is 14.5 Å². The van der Waals surface area contributed by atoms with Gasteiger partial charge in [0, 0.05) is 16.6 Å². The fraction of sp³-hybridized carbons (Fsp3) is 0.111. The summed E-state index contributed by atoms with van der Waals surface area (Å²) < 4.78 is 32.0. The van der Waals surface area contributed by atoms with Crippen LogP contribution in [0.3, 0.4) is 0 Å². The van der Waals surface area contributed by atoms with Gasteiger partial charge in [-0.3, -0.25) is 4.79 Å². The largest absolute Gasteiger partial charge is 0.452 e. The Bertz CT molecular complexity index is 837. The second-order valence-electron chi connectivity index (χ2n) is 5.14. The number of benzene rings is 2. The molecule has 1 N–H and O–H groups in total. The molecule has 0 aromatic heterocycles. The first-order valence-corrected chi connectivity index (χ1v) is 8.00. The third kappa shape index (κ3) is 5.79. The van der Waals surface area contributed by atoms with Crippen molar-refractivity contribution in [1.29, 1.82) is 0 Å². The Morgan fingerprint density at radius 2 is 1.96 bits per heavy atom. The van der Waals surface area contributed by atoms with Gasteiger partial charge in [0.05, 0.1) is 5.69 Å². The fourth-order valence-corrected chi connectivity index (χ4v) is 2.51. The van der Waals surface area contributed by atoms with Gasteiger partial charge in [-0.05, 0) is 42.3 Å². The van der Waals surface area contributed by atoms with Crippen molar-refractivity contribution in [3.05, 3.63) is 69.7 Å². The van der Waals surface area contributed by atoms with E-state index in [1.807, 2.05) is 25.1 Å². The van der Waals surface area contributed by atoms with Gasteiger partial charge in [0.15, 0.2) is 6.61 Å². The molecule has 25 heavy (non-hydrogen) atoms. The summed E-state index contributed by atoms with van der Waals surface area (Å²) in [6.45, 7) is 1.32. The van der Waals surface area contributed by atoms with Gasteiger partial charge in [-0.1, -0.05) is 28.1 Å². The van der Waals surface area contributed by atoms with Crippen LogP contribution in [0, 0.1) is 18.6 Å². The molecule has 0 heterocycles. The average Bonchev–Trinajstić information content (AvgIpc) is 2.55. The van der Waals surface area contributed by atoms with Gasteiger partial charge in [-0.15, -0.1) is 0 Å². The zero-order valence-electron chi connectivity index (χ0n) is 13.2. The molecule has 0 aliphatic rings. The second kappa shape index (κ2) is 8.53. The van der Waals surface area contributed by atoms with Crippen molar-refractivity contribution >= 4 is 39.6 Å². The summed E-state index contributed by atoms with van der Waals surface area (Å²) in [5, 5.41) is 2.13. The number of carbonyl (C=O) groups excluding carboxylic acids is 2. The van der Waals surface area contributed by atoms with E-state index < -0.39 is 30.1 Å². The predicted molar refractivity (Wildman–Crippen MR) is 93.9 cm³/mol. The number of hydrogen-bond acceptors (Lipinski definition) is 3. The van der Waals surface area contributed by atoms with Gasteiger partial charge in [0.2, 0.25) is 0 Å². The number of hydrogen-bond donors (Lipinski definition) is 1. The first kappa shape index (κ1) is 18.8. The molecule has 0 bridgehead atoms. The van der Waals surface area contributed by atoms with Crippen molar-refractivity contribution in [3.63, 3.8) is 0 Å². The van der Waals surface area contributed by atoms with E-state index in [-0.39, 0.29) is 5.69 Å². The Balaban J connectivity index is 1.87. The van der Waals surface area contributed by atoms with Crippen LogP contribution in [-0.2, 0) is 14.3 Å². The van der Waals surface area contributed by atoms with E-state index in [0.29, 0.717) is 0 Å². The van der Waals surface area contributed by atoms with E-state index >= 15 is 0 Å². The van der Waals surface area contributed by atoms with Crippen molar-refractivity contribution in [3.8, 4) is 0 Å². The Kier molecular flexibility index (Phi) is 6.41. The van der Waals surface area contributed by atoms with Crippen molar-refractivity contribution in [2.75, 3.05) is 11.9 Å². The summed E-state index contributed by atoms with van der Waals surface area (Å²) in [4.78, 5) is 23.3. The number of amides is 1. The number of rotatable bonds is 5. The summed E-state index contributed by atoms with van der Waals surface area (Å²) in [6, 6.07) is 8.26. The van der Waals surface area contributed by atoms with Gasteiger partial charge >= 0.3 is 5.97 Å². The quantitative estimate of drug-likeness (QED) is 0.593. The Hall–Kier alpha value is -2.54. The lowest BCUT2D eigenvalue weighted by molar-refractivity contribution is -0.142. The van der Waals surface area contributed by atoms with Crippen LogP contribution in [0.2, 0.25) is 0 Å². The van der Waals surface area contributed by atoms with E-state index in [1.54, 1.807) is 0 Å². The first-order valence-electron chi connectivity index (χ1n) is 7.21. The fourth-order valence-electron chi connectivity index (χ4n) is 1.89. The Morgan fingerprint density at radius 1 is 1.20 bits per heavy atom. The maximum atomic E-state index is 13.4. The summed E-state index contributed by atoms with van der Waals surface area (Å²) in [6.07, 6.45) is 2.71. The van der Waals surface area contributed by atoms with Crippen LogP contribution in [-0.4, -0.2) is 18.5 Å².